The van der Waals surface area contributed by atoms with E-state index in [1.54, 1.807) is 6.92 Å². The van der Waals surface area contributed by atoms with Crippen LogP contribution in [0.25, 0.3) is 0 Å². The number of amides is 1. The third-order valence-corrected chi connectivity index (χ3v) is 3.04. The predicted octanol–water partition coefficient (Wildman–Crippen LogP) is -0.338. The highest BCUT2D eigenvalue weighted by Gasteiger charge is 2.50. The van der Waals surface area contributed by atoms with Crippen molar-refractivity contribution in [3.05, 3.63) is 0 Å². The third-order valence-electron chi connectivity index (χ3n) is 3.04. The largest absolute Gasteiger partial charge is 0.456 e. The average molecular weight is 331 g/mol. The van der Waals surface area contributed by atoms with Gasteiger partial charge in [0, 0.05) is 27.7 Å². The molecule has 1 aliphatic heterocycles. The molecule has 0 aromatic heterocycles. The molecule has 5 atom stereocenters. The van der Waals surface area contributed by atoms with Crippen molar-refractivity contribution in [2.45, 2.75) is 65.3 Å². The van der Waals surface area contributed by atoms with Gasteiger partial charge >= 0.3 is 17.9 Å². The topological polar surface area (TPSA) is 117 Å². The van der Waals surface area contributed by atoms with Crippen LogP contribution in [0.1, 0.15) is 34.6 Å². The summed E-state index contributed by atoms with van der Waals surface area (Å²) in [6.07, 6.45) is -3.92. The van der Waals surface area contributed by atoms with Crippen molar-refractivity contribution >= 4 is 23.8 Å². The number of hydrogen-bond acceptors (Lipinski definition) is 8. The normalized spacial score (nSPS) is 30.0. The molecule has 23 heavy (non-hydrogen) atoms. The van der Waals surface area contributed by atoms with E-state index in [9.17, 15) is 19.2 Å². The van der Waals surface area contributed by atoms with E-state index in [1.165, 1.54) is 27.7 Å². The summed E-state index contributed by atoms with van der Waals surface area (Å²) < 4.78 is 20.9. The molecular formula is C14H21NO8. The van der Waals surface area contributed by atoms with E-state index in [0.717, 1.165) is 0 Å². The summed E-state index contributed by atoms with van der Waals surface area (Å²) >= 11 is 0. The molecule has 0 saturated carbocycles. The van der Waals surface area contributed by atoms with Crippen molar-refractivity contribution in [2.75, 3.05) is 0 Å². The Kier molecular flexibility index (Phi) is 6.49. The second kappa shape index (κ2) is 7.91. The molecule has 1 heterocycles. The maximum absolute atomic E-state index is 11.4. The summed E-state index contributed by atoms with van der Waals surface area (Å²) in [5.74, 6) is -2.33. The van der Waals surface area contributed by atoms with Gasteiger partial charge in [0.25, 0.3) is 0 Å². The Morgan fingerprint density at radius 1 is 0.826 bits per heavy atom. The molecule has 1 N–H and O–H groups in total. The van der Waals surface area contributed by atoms with Gasteiger partial charge in [0.2, 0.25) is 12.2 Å². The molecule has 9 nitrogen and oxygen atoms in total. The van der Waals surface area contributed by atoms with Gasteiger partial charge in [-0.15, -0.1) is 0 Å². The van der Waals surface area contributed by atoms with Crippen molar-refractivity contribution in [1.29, 1.82) is 0 Å². The van der Waals surface area contributed by atoms with Crippen LogP contribution < -0.4 is 5.32 Å². The van der Waals surface area contributed by atoms with Gasteiger partial charge in [-0.05, 0) is 6.92 Å². The minimum Gasteiger partial charge on any atom is -0.456 e. The monoisotopic (exact) mass is 331 g/mol. The van der Waals surface area contributed by atoms with Crippen molar-refractivity contribution in [1.82, 2.24) is 5.32 Å². The molecule has 1 aliphatic rings. The summed E-state index contributed by atoms with van der Waals surface area (Å²) in [5, 5.41) is 2.51. The Labute approximate surface area is 133 Å². The quantitative estimate of drug-likeness (QED) is 0.549. The first-order valence-corrected chi connectivity index (χ1v) is 7.06. The van der Waals surface area contributed by atoms with Crippen molar-refractivity contribution in [3.63, 3.8) is 0 Å². The summed E-state index contributed by atoms with van der Waals surface area (Å²) in [7, 11) is 0. The zero-order chi connectivity index (χ0) is 17.7. The number of esters is 3. The highest BCUT2D eigenvalue weighted by atomic mass is 16.7. The molecule has 0 aromatic carbocycles. The van der Waals surface area contributed by atoms with Gasteiger partial charge in [-0.1, -0.05) is 0 Å². The summed E-state index contributed by atoms with van der Waals surface area (Å²) in [6, 6.07) is -1.01. The van der Waals surface area contributed by atoms with Crippen LogP contribution in [0.4, 0.5) is 0 Å². The van der Waals surface area contributed by atoms with Gasteiger partial charge in [-0.25, -0.2) is 0 Å². The van der Waals surface area contributed by atoms with E-state index in [-0.39, 0.29) is 0 Å². The highest BCUT2D eigenvalue weighted by molar-refractivity contribution is 5.74. The van der Waals surface area contributed by atoms with Crippen LogP contribution >= 0.6 is 0 Å². The fraction of sp³-hybridized carbons (Fsp3) is 0.714. The second-order valence-corrected chi connectivity index (χ2v) is 5.19. The van der Waals surface area contributed by atoms with E-state index in [0.29, 0.717) is 0 Å². The van der Waals surface area contributed by atoms with Gasteiger partial charge < -0.3 is 24.3 Å². The molecule has 130 valence electrons. The minimum atomic E-state index is -1.18. The lowest BCUT2D eigenvalue weighted by molar-refractivity contribution is -0.261. The van der Waals surface area contributed by atoms with Gasteiger partial charge in [0.1, 0.15) is 6.04 Å². The molecule has 9 heteroatoms. The maximum atomic E-state index is 11.4. The predicted molar refractivity (Wildman–Crippen MR) is 74.8 cm³/mol. The number of carbonyl (C=O) groups is 4. The van der Waals surface area contributed by atoms with Gasteiger partial charge in [0.05, 0.1) is 6.10 Å². The SMILES string of the molecule is CC(=O)NC1C(OC(C)=O)OC(C)C(OC(C)=O)[C@@H]1OC(C)=O. The van der Waals surface area contributed by atoms with Gasteiger partial charge in [-0.2, -0.15) is 0 Å². The zero-order valence-electron chi connectivity index (χ0n) is 13.7. The summed E-state index contributed by atoms with van der Waals surface area (Å²) in [6.45, 7) is 6.37. The van der Waals surface area contributed by atoms with Crippen LogP contribution in [0.3, 0.4) is 0 Å². The Morgan fingerprint density at radius 3 is 1.74 bits per heavy atom. The van der Waals surface area contributed by atoms with E-state index < -0.39 is 54.5 Å². The Balaban J connectivity index is 3.15. The highest BCUT2D eigenvalue weighted by Crippen LogP contribution is 2.27. The summed E-state index contributed by atoms with van der Waals surface area (Å²) in [5.41, 5.74) is 0. The molecule has 0 radical (unpaired) electrons. The van der Waals surface area contributed by atoms with E-state index in [4.69, 9.17) is 18.9 Å². The van der Waals surface area contributed by atoms with E-state index in [1.807, 2.05) is 0 Å². The number of rotatable bonds is 4. The van der Waals surface area contributed by atoms with Crippen molar-refractivity contribution in [2.24, 2.45) is 0 Å². The van der Waals surface area contributed by atoms with Crippen LogP contribution in [0.15, 0.2) is 0 Å². The Bertz CT molecular complexity index is 491. The van der Waals surface area contributed by atoms with Crippen LogP contribution in [0, 0.1) is 0 Å². The molecule has 1 saturated heterocycles. The number of nitrogens with one attached hydrogen (secondary N) is 1. The Morgan fingerprint density at radius 2 is 1.30 bits per heavy atom. The standard InChI is InChI=1S/C14H21NO8/c1-6-12(21-8(3)17)13(22-9(4)18)11(15-7(2)16)14(20-6)23-10(5)19/h6,11-14H,1-5H3,(H,15,16)/t6?,11?,12?,13-,14?/m1/s1. The third kappa shape index (κ3) is 5.51. The van der Waals surface area contributed by atoms with Gasteiger partial charge in [0.15, 0.2) is 12.2 Å². The van der Waals surface area contributed by atoms with Crippen LogP contribution in [0.2, 0.25) is 0 Å². The maximum Gasteiger partial charge on any atom is 0.305 e. The molecule has 0 aromatic rings. The Hall–Kier alpha value is -2.16. The first-order valence-electron chi connectivity index (χ1n) is 7.06. The van der Waals surface area contributed by atoms with Crippen LogP contribution in [0.5, 0.6) is 0 Å². The minimum absolute atomic E-state index is 0.455. The lowest BCUT2D eigenvalue weighted by Gasteiger charge is -2.43. The second-order valence-electron chi connectivity index (χ2n) is 5.19. The van der Waals surface area contributed by atoms with E-state index in [2.05, 4.69) is 5.32 Å². The average Bonchev–Trinajstić information content (AvgIpc) is 2.36. The molecular weight excluding hydrogens is 310 g/mol. The molecule has 4 unspecified atom stereocenters. The number of ether oxygens (including phenoxy) is 4. The molecule has 0 spiro atoms. The van der Waals surface area contributed by atoms with Crippen molar-refractivity contribution < 1.29 is 38.1 Å². The van der Waals surface area contributed by atoms with Crippen molar-refractivity contribution in [3.8, 4) is 0 Å². The van der Waals surface area contributed by atoms with Crippen LogP contribution in [-0.2, 0) is 38.1 Å². The zero-order valence-corrected chi connectivity index (χ0v) is 13.7. The van der Waals surface area contributed by atoms with Crippen LogP contribution in [-0.4, -0.2) is 54.5 Å². The fourth-order valence-electron chi connectivity index (χ4n) is 2.34. The fourth-order valence-corrected chi connectivity index (χ4v) is 2.34. The van der Waals surface area contributed by atoms with Gasteiger partial charge in [-0.3, -0.25) is 19.2 Å². The number of carbonyl (C=O) groups excluding carboxylic acids is 4. The lowest BCUT2D eigenvalue weighted by Crippen LogP contribution is -2.65. The molecule has 0 aliphatic carbocycles. The lowest BCUT2D eigenvalue weighted by atomic mass is 9.96. The van der Waals surface area contributed by atoms with E-state index >= 15 is 0 Å². The molecule has 1 amide bonds. The summed E-state index contributed by atoms with van der Waals surface area (Å²) in [4.78, 5) is 45.3. The smallest absolute Gasteiger partial charge is 0.305 e. The first kappa shape index (κ1) is 18.9. The molecule has 0 bridgehead atoms. The number of hydrogen-bond donors (Lipinski definition) is 1. The molecule has 1 fully saturated rings. The molecule has 1 rings (SSSR count). The first-order chi connectivity index (χ1) is 10.6.